The number of amides is 1. The van der Waals surface area contributed by atoms with Crippen molar-refractivity contribution in [3.63, 3.8) is 0 Å². The third kappa shape index (κ3) is 3.74. The van der Waals surface area contributed by atoms with Gasteiger partial charge in [-0.3, -0.25) is 4.79 Å². The van der Waals surface area contributed by atoms with Crippen LogP contribution >= 0.6 is 0 Å². The smallest absolute Gasteiger partial charge is 0.292 e. The van der Waals surface area contributed by atoms with Gasteiger partial charge in [0.05, 0.1) is 11.4 Å². The lowest BCUT2D eigenvalue weighted by Gasteiger charge is -2.30. The highest BCUT2D eigenvalue weighted by molar-refractivity contribution is 5.91. The number of likely N-dealkylation sites (N-methyl/N-ethyl adjacent to an activating group) is 1. The van der Waals surface area contributed by atoms with E-state index < -0.39 is 0 Å². The summed E-state index contributed by atoms with van der Waals surface area (Å²) in [5.74, 6) is 1.81. The zero-order chi connectivity index (χ0) is 19.0. The molecule has 27 heavy (non-hydrogen) atoms. The van der Waals surface area contributed by atoms with Crippen molar-refractivity contribution >= 4 is 5.91 Å². The van der Waals surface area contributed by atoms with Gasteiger partial charge in [-0.25, -0.2) is 9.97 Å². The number of piperidine rings is 1. The van der Waals surface area contributed by atoms with Crippen molar-refractivity contribution in [2.24, 2.45) is 0 Å². The highest BCUT2D eigenvalue weighted by atomic mass is 16.5. The van der Waals surface area contributed by atoms with Gasteiger partial charge in [0.1, 0.15) is 5.82 Å². The second-order valence-corrected chi connectivity index (χ2v) is 8.05. The van der Waals surface area contributed by atoms with E-state index in [4.69, 9.17) is 9.51 Å². The lowest BCUT2D eigenvalue weighted by Crippen LogP contribution is -2.37. The number of carbonyl (C=O) groups is 1. The fraction of sp³-hybridized carbons (Fsp3) is 0.600. The number of hydrogen-bond donors (Lipinski definition) is 0. The topological polar surface area (TPSA) is 75.4 Å². The zero-order valence-electron chi connectivity index (χ0n) is 16.3. The molecule has 7 nitrogen and oxygen atoms in total. The maximum absolute atomic E-state index is 12.7. The van der Waals surface area contributed by atoms with E-state index >= 15 is 0 Å². The van der Waals surface area contributed by atoms with Gasteiger partial charge in [0.25, 0.3) is 5.91 Å². The molecule has 7 heteroatoms. The van der Waals surface area contributed by atoms with Crippen LogP contribution in [0, 0.1) is 0 Å². The van der Waals surface area contributed by atoms with Crippen molar-refractivity contribution in [2.45, 2.75) is 51.5 Å². The molecule has 4 heterocycles. The summed E-state index contributed by atoms with van der Waals surface area (Å²) in [5.41, 5.74) is 2.92. The van der Waals surface area contributed by atoms with Gasteiger partial charge in [-0.05, 0) is 32.4 Å². The van der Waals surface area contributed by atoms with E-state index in [-0.39, 0.29) is 11.8 Å². The molecule has 2 aromatic rings. The average molecular weight is 369 g/mol. The summed E-state index contributed by atoms with van der Waals surface area (Å²) in [5, 5.41) is 3.99. The maximum atomic E-state index is 12.7. The van der Waals surface area contributed by atoms with Gasteiger partial charge in [0.15, 0.2) is 0 Å². The summed E-state index contributed by atoms with van der Waals surface area (Å²) in [7, 11) is 2.16. The Labute approximate surface area is 159 Å². The Morgan fingerprint density at radius 3 is 2.93 bits per heavy atom. The molecule has 2 aromatic heterocycles. The van der Waals surface area contributed by atoms with Crippen LogP contribution in [-0.2, 0) is 13.0 Å². The molecule has 0 radical (unpaired) electrons. The predicted molar refractivity (Wildman–Crippen MR) is 101 cm³/mol. The molecule has 144 valence electrons. The molecule has 1 unspecified atom stereocenters. The van der Waals surface area contributed by atoms with Gasteiger partial charge >= 0.3 is 0 Å². The Bertz CT molecular complexity index is 832. The molecule has 0 spiro atoms. The van der Waals surface area contributed by atoms with E-state index in [2.05, 4.69) is 22.1 Å². The van der Waals surface area contributed by atoms with E-state index in [0.29, 0.717) is 24.8 Å². The summed E-state index contributed by atoms with van der Waals surface area (Å²) in [6.45, 7) is 7.40. The number of rotatable bonds is 3. The minimum atomic E-state index is -0.113. The summed E-state index contributed by atoms with van der Waals surface area (Å²) < 4.78 is 5.26. The van der Waals surface area contributed by atoms with E-state index in [9.17, 15) is 4.79 Å². The summed E-state index contributed by atoms with van der Waals surface area (Å²) in [6, 6.07) is 1.75. The maximum Gasteiger partial charge on any atom is 0.292 e. The molecule has 2 aliphatic heterocycles. The quantitative estimate of drug-likeness (QED) is 0.828. The van der Waals surface area contributed by atoms with Crippen molar-refractivity contribution in [3.05, 3.63) is 40.8 Å². The first-order chi connectivity index (χ1) is 13.0. The standard InChI is InChI=1S/C20H27N5O2/c1-13(2)17-9-18(27-23-17)20(26)25-8-6-16-15(12-25)10-21-19(22-16)14-5-4-7-24(3)11-14/h9-10,13-14H,4-8,11-12H2,1-3H3. The number of fused-ring (bicyclic) bond motifs is 1. The molecule has 1 fully saturated rings. The third-order valence-corrected chi connectivity index (χ3v) is 5.56. The Morgan fingerprint density at radius 1 is 1.33 bits per heavy atom. The highest BCUT2D eigenvalue weighted by Crippen LogP contribution is 2.26. The lowest BCUT2D eigenvalue weighted by atomic mass is 9.97. The van der Waals surface area contributed by atoms with E-state index in [1.807, 2.05) is 20.0 Å². The van der Waals surface area contributed by atoms with Crippen LogP contribution in [0.4, 0.5) is 0 Å². The van der Waals surface area contributed by atoms with Crippen molar-refractivity contribution < 1.29 is 9.32 Å². The Balaban J connectivity index is 1.47. The molecule has 1 atom stereocenters. The number of nitrogens with zero attached hydrogens (tertiary/aromatic N) is 5. The number of likely N-dealkylation sites (tertiary alicyclic amines) is 1. The second kappa shape index (κ2) is 7.38. The van der Waals surface area contributed by atoms with Crippen LogP contribution in [0.1, 0.15) is 71.9 Å². The van der Waals surface area contributed by atoms with E-state index in [1.54, 1.807) is 11.0 Å². The minimum Gasteiger partial charge on any atom is -0.351 e. The minimum absolute atomic E-state index is 0.113. The van der Waals surface area contributed by atoms with Gasteiger partial charge in [-0.15, -0.1) is 0 Å². The van der Waals surface area contributed by atoms with Crippen LogP contribution in [0.3, 0.4) is 0 Å². The molecule has 2 aliphatic rings. The Hall–Kier alpha value is -2.28. The van der Waals surface area contributed by atoms with Crippen molar-refractivity contribution in [1.82, 2.24) is 24.9 Å². The van der Waals surface area contributed by atoms with Crippen molar-refractivity contribution in [1.29, 1.82) is 0 Å². The second-order valence-electron chi connectivity index (χ2n) is 8.05. The van der Waals surface area contributed by atoms with Crippen LogP contribution in [0.2, 0.25) is 0 Å². The van der Waals surface area contributed by atoms with Crippen molar-refractivity contribution in [3.8, 4) is 0 Å². The molecular formula is C20H27N5O2. The van der Waals surface area contributed by atoms with Crippen LogP contribution in [0.25, 0.3) is 0 Å². The first kappa shape index (κ1) is 18.1. The Kier molecular flexibility index (Phi) is 4.95. The Morgan fingerprint density at radius 2 is 2.19 bits per heavy atom. The number of carbonyl (C=O) groups excluding carboxylic acids is 1. The molecule has 0 bridgehead atoms. The molecule has 4 rings (SSSR count). The van der Waals surface area contributed by atoms with Gasteiger partial charge < -0.3 is 14.3 Å². The summed E-state index contributed by atoms with van der Waals surface area (Å²) >= 11 is 0. The molecule has 1 amide bonds. The monoisotopic (exact) mass is 369 g/mol. The fourth-order valence-corrected chi connectivity index (χ4v) is 3.90. The molecule has 0 aromatic carbocycles. The molecule has 0 saturated carbocycles. The summed E-state index contributed by atoms with van der Waals surface area (Å²) in [4.78, 5) is 26.4. The van der Waals surface area contributed by atoms with Crippen LogP contribution in [0.15, 0.2) is 16.8 Å². The average Bonchev–Trinajstić information content (AvgIpc) is 3.17. The number of aromatic nitrogens is 3. The summed E-state index contributed by atoms with van der Waals surface area (Å²) in [6.07, 6.45) is 5.01. The lowest BCUT2D eigenvalue weighted by molar-refractivity contribution is 0.0690. The third-order valence-electron chi connectivity index (χ3n) is 5.56. The van der Waals surface area contributed by atoms with Crippen LogP contribution in [0.5, 0.6) is 0 Å². The van der Waals surface area contributed by atoms with Crippen LogP contribution in [-0.4, -0.2) is 57.5 Å². The first-order valence-corrected chi connectivity index (χ1v) is 9.80. The number of hydrogen-bond acceptors (Lipinski definition) is 6. The van der Waals surface area contributed by atoms with Gasteiger partial charge in [0, 0.05) is 49.8 Å². The molecular weight excluding hydrogens is 342 g/mol. The largest absolute Gasteiger partial charge is 0.351 e. The van der Waals surface area contributed by atoms with E-state index in [0.717, 1.165) is 48.7 Å². The van der Waals surface area contributed by atoms with Crippen molar-refractivity contribution in [2.75, 3.05) is 26.7 Å². The molecule has 0 N–H and O–H groups in total. The predicted octanol–water partition coefficient (Wildman–Crippen LogP) is 2.60. The molecule has 1 saturated heterocycles. The SMILES string of the molecule is CC(C)c1cc(C(=O)N2CCc3nc(C4CCCN(C)C4)ncc3C2)on1. The van der Waals surface area contributed by atoms with Gasteiger partial charge in [0.2, 0.25) is 5.76 Å². The normalized spacial score (nSPS) is 20.7. The fourth-order valence-electron chi connectivity index (χ4n) is 3.90. The van der Waals surface area contributed by atoms with Gasteiger partial charge in [-0.2, -0.15) is 0 Å². The van der Waals surface area contributed by atoms with Crippen LogP contribution < -0.4 is 0 Å². The zero-order valence-corrected chi connectivity index (χ0v) is 16.3. The van der Waals surface area contributed by atoms with E-state index in [1.165, 1.54) is 6.42 Å². The van der Waals surface area contributed by atoms with Gasteiger partial charge in [-0.1, -0.05) is 19.0 Å². The highest BCUT2D eigenvalue weighted by Gasteiger charge is 2.28. The first-order valence-electron chi connectivity index (χ1n) is 9.80. The molecule has 0 aliphatic carbocycles.